The summed E-state index contributed by atoms with van der Waals surface area (Å²) in [6.45, 7) is 3.71. The number of hydrogen-bond donors (Lipinski definition) is 1. The molecule has 1 aliphatic heterocycles. The van der Waals surface area contributed by atoms with Crippen LogP contribution in [0.4, 0.5) is 0 Å². The highest BCUT2D eigenvalue weighted by Crippen LogP contribution is 2.32. The zero-order chi connectivity index (χ0) is 14.9. The molecule has 0 saturated carbocycles. The van der Waals surface area contributed by atoms with Crippen LogP contribution in [0, 0.1) is 0 Å². The summed E-state index contributed by atoms with van der Waals surface area (Å²) in [6, 6.07) is 11.7. The number of hydrogen-bond acceptors (Lipinski definition) is 2. The van der Waals surface area contributed by atoms with Gasteiger partial charge in [0.15, 0.2) is 0 Å². The molecule has 1 aromatic carbocycles. The van der Waals surface area contributed by atoms with E-state index in [-0.39, 0.29) is 0 Å². The summed E-state index contributed by atoms with van der Waals surface area (Å²) >= 11 is 0. The molecule has 21 heavy (non-hydrogen) atoms. The largest absolute Gasteiger partial charge is 0.395 e. The van der Waals surface area contributed by atoms with Gasteiger partial charge in [-0.3, -0.25) is 4.90 Å². The van der Waals surface area contributed by atoms with Gasteiger partial charge >= 0.3 is 0 Å². The van der Waals surface area contributed by atoms with Crippen LogP contribution in [0.3, 0.4) is 0 Å². The van der Waals surface area contributed by atoms with Gasteiger partial charge in [-0.05, 0) is 31.4 Å². The second kappa shape index (κ2) is 9.22. The number of unbranched alkanes of at least 4 members (excludes halogenated alkanes) is 3. The normalized spacial score (nSPS) is 21.3. The molecular weight excluding hydrogens is 258 g/mol. The maximum Gasteiger partial charge on any atom is 0.0587 e. The van der Waals surface area contributed by atoms with E-state index in [0.29, 0.717) is 18.7 Å². The number of likely N-dealkylation sites (tertiary alicyclic amines) is 1. The Bertz CT molecular complexity index is 378. The van der Waals surface area contributed by atoms with Crippen LogP contribution in [0.25, 0.3) is 0 Å². The van der Waals surface area contributed by atoms with Crippen LogP contribution in [0.1, 0.15) is 69.9 Å². The average molecular weight is 289 g/mol. The lowest BCUT2D eigenvalue weighted by molar-refractivity contribution is 0.0479. The van der Waals surface area contributed by atoms with Gasteiger partial charge in [-0.2, -0.15) is 0 Å². The van der Waals surface area contributed by atoms with E-state index >= 15 is 0 Å². The molecular formula is C19H31NO. The number of aliphatic hydroxyl groups is 1. The van der Waals surface area contributed by atoms with Gasteiger partial charge < -0.3 is 5.11 Å². The second-order valence-corrected chi connectivity index (χ2v) is 6.35. The molecule has 2 rings (SSSR count). The summed E-state index contributed by atoms with van der Waals surface area (Å²) in [5.41, 5.74) is 1.43. The van der Waals surface area contributed by atoms with E-state index < -0.39 is 0 Å². The average Bonchev–Trinajstić information content (AvgIpc) is 2.56. The lowest BCUT2D eigenvalue weighted by Gasteiger charge is -2.41. The molecule has 1 aromatic rings. The van der Waals surface area contributed by atoms with Gasteiger partial charge in [0.05, 0.1) is 6.61 Å². The maximum absolute atomic E-state index is 9.73. The minimum Gasteiger partial charge on any atom is -0.395 e. The Hall–Kier alpha value is -0.860. The first-order valence-electron chi connectivity index (χ1n) is 8.78. The number of benzene rings is 1. The van der Waals surface area contributed by atoms with Gasteiger partial charge in [0.2, 0.25) is 0 Å². The van der Waals surface area contributed by atoms with Gasteiger partial charge in [-0.25, -0.2) is 0 Å². The van der Waals surface area contributed by atoms with Crippen molar-refractivity contribution in [1.29, 1.82) is 0 Å². The monoisotopic (exact) mass is 289 g/mol. The second-order valence-electron chi connectivity index (χ2n) is 6.35. The van der Waals surface area contributed by atoms with Gasteiger partial charge in [-0.1, -0.05) is 69.4 Å². The van der Waals surface area contributed by atoms with Gasteiger partial charge in [0, 0.05) is 12.1 Å². The fraction of sp³-hybridized carbons (Fsp3) is 0.684. The van der Waals surface area contributed by atoms with Crippen molar-refractivity contribution in [2.24, 2.45) is 0 Å². The molecule has 2 heteroatoms. The van der Waals surface area contributed by atoms with Gasteiger partial charge in [0.1, 0.15) is 0 Å². The smallest absolute Gasteiger partial charge is 0.0587 e. The summed E-state index contributed by atoms with van der Waals surface area (Å²) in [4.78, 5) is 2.57. The van der Waals surface area contributed by atoms with E-state index in [1.807, 2.05) is 0 Å². The SMILES string of the molecule is CCCCCC[C@@H](c1ccccc1)N1CCCC[C@H]1CO. The molecule has 1 fully saturated rings. The van der Waals surface area contributed by atoms with Crippen LogP contribution in [-0.2, 0) is 0 Å². The number of nitrogens with zero attached hydrogens (tertiary/aromatic N) is 1. The van der Waals surface area contributed by atoms with Crippen molar-refractivity contribution in [3.8, 4) is 0 Å². The summed E-state index contributed by atoms with van der Waals surface area (Å²) in [7, 11) is 0. The Kier molecular flexibility index (Phi) is 7.25. The van der Waals surface area contributed by atoms with E-state index in [2.05, 4.69) is 42.2 Å². The van der Waals surface area contributed by atoms with Crippen LogP contribution < -0.4 is 0 Å². The maximum atomic E-state index is 9.73. The molecule has 0 aliphatic carbocycles. The van der Waals surface area contributed by atoms with Crippen LogP contribution in [-0.4, -0.2) is 29.2 Å². The van der Waals surface area contributed by atoms with Crippen LogP contribution in [0.15, 0.2) is 30.3 Å². The minimum absolute atomic E-state index is 0.304. The third-order valence-electron chi connectivity index (χ3n) is 4.80. The Morgan fingerprint density at radius 3 is 2.67 bits per heavy atom. The van der Waals surface area contributed by atoms with Crippen molar-refractivity contribution in [2.75, 3.05) is 13.2 Å². The van der Waals surface area contributed by atoms with Crippen molar-refractivity contribution in [3.05, 3.63) is 35.9 Å². The third-order valence-corrected chi connectivity index (χ3v) is 4.80. The minimum atomic E-state index is 0.304. The molecule has 1 saturated heterocycles. The fourth-order valence-corrected chi connectivity index (χ4v) is 3.59. The van der Waals surface area contributed by atoms with E-state index in [9.17, 15) is 5.11 Å². The highest BCUT2D eigenvalue weighted by Gasteiger charge is 2.28. The molecule has 1 heterocycles. The predicted molar refractivity (Wildman–Crippen MR) is 89.4 cm³/mol. The predicted octanol–water partition coefficient (Wildman–Crippen LogP) is 4.54. The Morgan fingerprint density at radius 1 is 1.14 bits per heavy atom. The Labute approximate surface area is 130 Å². The fourth-order valence-electron chi connectivity index (χ4n) is 3.59. The number of rotatable bonds is 8. The summed E-state index contributed by atoms with van der Waals surface area (Å²) in [5, 5.41) is 9.73. The molecule has 0 bridgehead atoms. The summed E-state index contributed by atoms with van der Waals surface area (Å²) < 4.78 is 0. The first kappa shape index (κ1) is 16.5. The van der Waals surface area contributed by atoms with Crippen molar-refractivity contribution >= 4 is 0 Å². The highest BCUT2D eigenvalue weighted by molar-refractivity contribution is 5.19. The van der Waals surface area contributed by atoms with Crippen LogP contribution in [0.2, 0.25) is 0 Å². The van der Waals surface area contributed by atoms with Gasteiger partial charge in [-0.15, -0.1) is 0 Å². The first-order chi connectivity index (χ1) is 10.4. The molecule has 118 valence electrons. The van der Waals surface area contributed by atoms with E-state index in [0.717, 1.165) is 13.0 Å². The van der Waals surface area contributed by atoms with Crippen molar-refractivity contribution in [1.82, 2.24) is 4.90 Å². The number of aliphatic hydroxyl groups excluding tert-OH is 1. The summed E-state index contributed by atoms with van der Waals surface area (Å²) in [5.74, 6) is 0. The molecule has 0 aromatic heterocycles. The highest BCUT2D eigenvalue weighted by atomic mass is 16.3. The topological polar surface area (TPSA) is 23.5 Å². The lowest BCUT2D eigenvalue weighted by Crippen LogP contribution is -2.44. The Morgan fingerprint density at radius 2 is 1.95 bits per heavy atom. The third kappa shape index (κ3) is 4.82. The van der Waals surface area contributed by atoms with E-state index in [1.54, 1.807) is 0 Å². The van der Waals surface area contributed by atoms with Gasteiger partial charge in [0.25, 0.3) is 0 Å². The van der Waals surface area contributed by atoms with Crippen LogP contribution in [0.5, 0.6) is 0 Å². The van der Waals surface area contributed by atoms with Crippen molar-refractivity contribution in [3.63, 3.8) is 0 Å². The molecule has 2 atom stereocenters. The van der Waals surface area contributed by atoms with Crippen molar-refractivity contribution in [2.45, 2.75) is 70.4 Å². The quantitative estimate of drug-likeness (QED) is 0.710. The molecule has 0 amide bonds. The lowest BCUT2D eigenvalue weighted by atomic mass is 9.93. The standard InChI is InChI=1S/C19H31NO/c1-2-3-4-8-14-19(17-11-6-5-7-12-17)20-15-10-9-13-18(20)16-21/h5-7,11-12,18-19,21H,2-4,8-10,13-16H2,1H3/t18-,19-/m0/s1. The van der Waals surface area contributed by atoms with E-state index in [4.69, 9.17) is 0 Å². The number of piperidine rings is 1. The molecule has 0 unspecified atom stereocenters. The molecule has 0 spiro atoms. The van der Waals surface area contributed by atoms with Crippen molar-refractivity contribution < 1.29 is 5.11 Å². The zero-order valence-electron chi connectivity index (χ0n) is 13.5. The zero-order valence-corrected chi connectivity index (χ0v) is 13.5. The molecule has 2 nitrogen and oxygen atoms in total. The molecule has 1 N–H and O–H groups in total. The van der Waals surface area contributed by atoms with E-state index in [1.165, 1.54) is 50.5 Å². The molecule has 0 radical (unpaired) electrons. The molecule has 1 aliphatic rings. The Balaban J connectivity index is 2.06. The summed E-state index contributed by atoms with van der Waals surface area (Å²) in [6.07, 6.45) is 10.2. The van der Waals surface area contributed by atoms with Crippen LogP contribution >= 0.6 is 0 Å². The first-order valence-corrected chi connectivity index (χ1v) is 8.78.